The van der Waals surface area contributed by atoms with Crippen LogP contribution in [0.3, 0.4) is 0 Å². The van der Waals surface area contributed by atoms with Crippen molar-refractivity contribution in [2.24, 2.45) is 0 Å². The molecule has 0 amide bonds. The van der Waals surface area contributed by atoms with Crippen LogP contribution < -0.4 is 0 Å². The van der Waals surface area contributed by atoms with Crippen LogP contribution in [0.25, 0.3) is 66.0 Å². The highest BCUT2D eigenvalue weighted by atomic mass is 19.1. The first-order valence-corrected chi connectivity index (χ1v) is 12.4. The molecule has 6 aromatic carbocycles. The average molecular weight is 476 g/mol. The molecule has 0 saturated heterocycles. The van der Waals surface area contributed by atoms with Gasteiger partial charge >= 0.3 is 0 Å². The molecule has 0 spiro atoms. The van der Waals surface area contributed by atoms with Crippen LogP contribution >= 0.6 is 0 Å². The first-order valence-electron chi connectivity index (χ1n) is 12.4. The van der Waals surface area contributed by atoms with Crippen LogP contribution in [0.5, 0.6) is 0 Å². The fourth-order valence-electron chi connectivity index (χ4n) is 5.27. The molecular weight excluding hydrogens is 453 g/mol. The first kappa shape index (κ1) is 21.5. The van der Waals surface area contributed by atoms with Crippen molar-refractivity contribution in [3.05, 3.63) is 139 Å². The lowest BCUT2D eigenvalue weighted by molar-refractivity contribution is 0.628. The third-order valence-corrected chi connectivity index (χ3v) is 7.13. The second kappa shape index (κ2) is 8.69. The first-order chi connectivity index (χ1) is 18.2. The maximum absolute atomic E-state index is 13.7. The molecule has 0 radical (unpaired) electrons. The summed E-state index contributed by atoms with van der Waals surface area (Å²) < 4.78 is 13.7. The Morgan fingerprint density at radius 3 is 1.81 bits per heavy atom. The van der Waals surface area contributed by atoms with Gasteiger partial charge in [-0.1, -0.05) is 103 Å². The van der Waals surface area contributed by atoms with E-state index in [2.05, 4.69) is 103 Å². The SMILES string of the molecule is Fc1ccc(-c2nc3cc(-c4ccc(-c5ccccc5)cc4)ccc3c3c2ccc2ccccc23)cc1. The van der Waals surface area contributed by atoms with E-state index in [4.69, 9.17) is 4.98 Å². The molecule has 0 aliphatic heterocycles. The standard InChI is InChI=1S/C35H22FN/c36-29-18-14-27(15-19-29)35-32-21-16-26-8-4-5-9-30(26)34(32)31-20-17-28(22-33(31)37-35)25-12-10-24(11-13-25)23-6-2-1-3-7-23/h1-22H. The topological polar surface area (TPSA) is 12.9 Å². The Balaban J connectivity index is 1.45. The minimum absolute atomic E-state index is 0.250. The van der Waals surface area contributed by atoms with E-state index in [1.54, 1.807) is 0 Å². The van der Waals surface area contributed by atoms with Crippen LogP contribution in [-0.4, -0.2) is 4.98 Å². The van der Waals surface area contributed by atoms with Crippen LogP contribution in [-0.2, 0) is 0 Å². The Morgan fingerprint density at radius 2 is 1.03 bits per heavy atom. The van der Waals surface area contributed by atoms with Crippen LogP contribution in [0.1, 0.15) is 0 Å². The molecule has 1 aromatic heterocycles. The van der Waals surface area contributed by atoms with E-state index < -0.39 is 0 Å². The maximum Gasteiger partial charge on any atom is 0.123 e. The summed E-state index contributed by atoms with van der Waals surface area (Å²) >= 11 is 0. The Morgan fingerprint density at radius 1 is 0.432 bits per heavy atom. The number of hydrogen-bond acceptors (Lipinski definition) is 1. The lowest BCUT2D eigenvalue weighted by Crippen LogP contribution is -1.92. The summed E-state index contributed by atoms with van der Waals surface area (Å²) in [6, 6.07) is 45.0. The second-order valence-corrected chi connectivity index (χ2v) is 9.35. The Bertz CT molecular complexity index is 1910. The molecule has 0 aliphatic carbocycles. The summed E-state index contributed by atoms with van der Waals surface area (Å²) in [5.41, 5.74) is 7.35. The van der Waals surface area contributed by atoms with E-state index >= 15 is 0 Å². The fraction of sp³-hybridized carbons (Fsp3) is 0. The average Bonchev–Trinajstić information content (AvgIpc) is 2.97. The smallest absolute Gasteiger partial charge is 0.123 e. The van der Waals surface area contributed by atoms with Crippen molar-refractivity contribution in [1.29, 1.82) is 0 Å². The molecular formula is C35H22FN. The van der Waals surface area contributed by atoms with E-state index in [1.807, 2.05) is 18.2 Å². The number of halogens is 1. The van der Waals surface area contributed by atoms with E-state index in [0.29, 0.717) is 0 Å². The number of fused-ring (bicyclic) bond motifs is 5. The predicted molar refractivity (Wildman–Crippen MR) is 153 cm³/mol. The van der Waals surface area contributed by atoms with Gasteiger partial charge in [-0.05, 0) is 63.4 Å². The van der Waals surface area contributed by atoms with Crippen LogP contribution in [0, 0.1) is 5.82 Å². The minimum Gasteiger partial charge on any atom is -0.247 e. The zero-order valence-electron chi connectivity index (χ0n) is 20.0. The molecule has 174 valence electrons. The second-order valence-electron chi connectivity index (χ2n) is 9.35. The summed E-state index contributed by atoms with van der Waals surface area (Å²) in [6.07, 6.45) is 0. The number of rotatable bonds is 3. The molecule has 0 atom stereocenters. The molecule has 37 heavy (non-hydrogen) atoms. The van der Waals surface area contributed by atoms with Crippen LogP contribution in [0.2, 0.25) is 0 Å². The molecule has 1 nitrogen and oxygen atoms in total. The van der Waals surface area contributed by atoms with Crippen molar-refractivity contribution in [1.82, 2.24) is 4.98 Å². The number of aromatic nitrogens is 1. The largest absolute Gasteiger partial charge is 0.247 e. The van der Waals surface area contributed by atoms with Gasteiger partial charge in [-0.3, -0.25) is 0 Å². The van der Waals surface area contributed by atoms with E-state index in [-0.39, 0.29) is 5.82 Å². The molecule has 2 heteroatoms. The highest BCUT2D eigenvalue weighted by Crippen LogP contribution is 2.38. The Hall–Kier alpha value is -4.82. The van der Waals surface area contributed by atoms with Crippen molar-refractivity contribution in [2.75, 3.05) is 0 Å². The minimum atomic E-state index is -0.250. The highest BCUT2D eigenvalue weighted by molar-refractivity contribution is 6.22. The lowest BCUT2D eigenvalue weighted by Gasteiger charge is -2.14. The highest BCUT2D eigenvalue weighted by Gasteiger charge is 2.14. The molecule has 0 unspecified atom stereocenters. The summed E-state index contributed by atoms with van der Waals surface area (Å²) in [6.45, 7) is 0. The van der Waals surface area contributed by atoms with E-state index in [0.717, 1.165) is 38.7 Å². The predicted octanol–water partition coefficient (Wildman–Crippen LogP) is 9.68. The molecule has 7 aromatic rings. The lowest BCUT2D eigenvalue weighted by atomic mass is 9.93. The normalized spacial score (nSPS) is 11.4. The zero-order valence-corrected chi connectivity index (χ0v) is 20.0. The molecule has 0 aliphatic rings. The van der Waals surface area contributed by atoms with Gasteiger partial charge < -0.3 is 0 Å². The zero-order chi connectivity index (χ0) is 24.8. The summed E-state index contributed by atoms with van der Waals surface area (Å²) in [5, 5.41) is 5.73. The summed E-state index contributed by atoms with van der Waals surface area (Å²) in [4.78, 5) is 5.14. The summed E-state index contributed by atoms with van der Waals surface area (Å²) in [5.74, 6) is -0.250. The van der Waals surface area contributed by atoms with Gasteiger partial charge in [-0.2, -0.15) is 0 Å². The third kappa shape index (κ3) is 3.75. The van der Waals surface area contributed by atoms with Crippen molar-refractivity contribution in [3.8, 4) is 33.5 Å². The van der Waals surface area contributed by atoms with Crippen molar-refractivity contribution in [3.63, 3.8) is 0 Å². The van der Waals surface area contributed by atoms with Gasteiger partial charge in [-0.15, -0.1) is 0 Å². The molecule has 0 bridgehead atoms. The fourth-order valence-corrected chi connectivity index (χ4v) is 5.27. The van der Waals surface area contributed by atoms with Gasteiger partial charge in [0.1, 0.15) is 5.82 Å². The monoisotopic (exact) mass is 475 g/mol. The van der Waals surface area contributed by atoms with E-state index in [9.17, 15) is 4.39 Å². The van der Waals surface area contributed by atoms with Gasteiger partial charge in [0, 0.05) is 21.7 Å². The Labute approximate surface area is 214 Å². The third-order valence-electron chi connectivity index (χ3n) is 7.13. The van der Waals surface area contributed by atoms with Crippen molar-refractivity contribution in [2.45, 2.75) is 0 Å². The molecule has 1 heterocycles. The number of pyridine rings is 1. The van der Waals surface area contributed by atoms with Gasteiger partial charge in [0.2, 0.25) is 0 Å². The molecule has 0 fully saturated rings. The molecule has 7 rings (SSSR count). The van der Waals surface area contributed by atoms with Crippen LogP contribution in [0.4, 0.5) is 4.39 Å². The van der Waals surface area contributed by atoms with Gasteiger partial charge in [0.05, 0.1) is 11.2 Å². The number of benzene rings is 6. The van der Waals surface area contributed by atoms with Crippen molar-refractivity contribution >= 4 is 32.4 Å². The van der Waals surface area contributed by atoms with Gasteiger partial charge in [0.15, 0.2) is 0 Å². The van der Waals surface area contributed by atoms with Crippen molar-refractivity contribution < 1.29 is 4.39 Å². The van der Waals surface area contributed by atoms with Gasteiger partial charge in [-0.25, -0.2) is 9.37 Å². The number of nitrogens with zero attached hydrogens (tertiary/aromatic N) is 1. The maximum atomic E-state index is 13.7. The number of hydrogen-bond donors (Lipinski definition) is 0. The van der Waals surface area contributed by atoms with Crippen LogP contribution in [0.15, 0.2) is 133 Å². The summed E-state index contributed by atoms with van der Waals surface area (Å²) in [7, 11) is 0. The Kier molecular flexibility index (Phi) is 5.04. The molecule has 0 saturated carbocycles. The quantitative estimate of drug-likeness (QED) is 0.232. The molecule has 0 N–H and O–H groups in total. The van der Waals surface area contributed by atoms with E-state index in [1.165, 1.54) is 39.4 Å². The van der Waals surface area contributed by atoms with Gasteiger partial charge in [0.25, 0.3) is 0 Å².